The molecule has 0 fully saturated rings. The molecule has 41 heavy (non-hydrogen) atoms. The Morgan fingerprint density at radius 2 is 1.73 bits per heavy atom. The fraction of sp³-hybridized carbons (Fsp3) is 0.357. The summed E-state index contributed by atoms with van der Waals surface area (Å²) < 4.78 is 11.9. The highest BCUT2D eigenvalue weighted by Crippen LogP contribution is 2.38. The number of ether oxygens (including phenoxy) is 2. The van der Waals surface area contributed by atoms with Crippen molar-refractivity contribution in [3.63, 3.8) is 0 Å². The molecule has 214 valence electrons. The van der Waals surface area contributed by atoms with Crippen molar-refractivity contribution in [3.8, 4) is 11.4 Å². The number of amides is 3. The van der Waals surface area contributed by atoms with Crippen molar-refractivity contribution in [1.29, 1.82) is 0 Å². The van der Waals surface area contributed by atoms with Gasteiger partial charge in [-0.1, -0.05) is 6.07 Å². The summed E-state index contributed by atoms with van der Waals surface area (Å²) in [6, 6.07) is 7.38. The highest BCUT2D eigenvalue weighted by molar-refractivity contribution is 7.16. The van der Waals surface area contributed by atoms with Crippen molar-refractivity contribution in [2.75, 3.05) is 16.8 Å². The van der Waals surface area contributed by atoms with Gasteiger partial charge in [-0.25, -0.2) is 24.5 Å². The number of H-pyrrole nitrogens is 1. The fourth-order valence-corrected chi connectivity index (χ4v) is 4.97. The molecule has 1 aromatic carbocycles. The van der Waals surface area contributed by atoms with E-state index in [1.165, 1.54) is 17.5 Å². The highest BCUT2D eigenvalue weighted by Gasteiger charge is 2.35. The fourth-order valence-electron chi connectivity index (χ4n) is 4.27. The molecule has 4 heterocycles. The Balaban J connectivity index is 1.61. The van der Waals surface area contributed by atoms with Gasteiger partial charge in [0.25, 0.3) is 5.91 Å². The third-order valence-electron chi connectivity index (χ3n) is 5.84. The molecular weight excluding hydrogens is 546 g/mol. The van der Waals surface area contributed by atoms with Crippen molar-refractivity contribution >= 4 is 57.0 Å². The first-order valence-electron chi connectivity index (χ1n) is 13.0. The summed E-state index contributed by atoms with van der Waals surface area (Å²) in [6.07, 6.45) is 0.0334. The lowest BCUT2D eigenvalue weighted by molar-refractivity contribution is 0.0427. The van der Waals surface area contributed by atoms with Crippen LogP contribution in [0.25, 0.3) is 21.6 Å². The predicted octanol–water partition coefficient (Wildman–Crippen LogP) is 5.79. The molecule has 0 aliphatic carbocycles. The maximum atomic E-state index is 13.2. The summed E-state index contributed by atoms with van der Waals surface area (Å²) in [5, 5.41) is 6.28. The first kappa shape index (κ1) is 28.0. The van der Waals surface area contributed by atoms with Crippen LogP contribution in [0.3, 0.4) is 0 Å². The molecule has 0 saturated heterocycles. The van der Waals surface area contributed by atoms with Gasteiger partial charge in [0.15, 0.2) is 0 Å². The molecule has 13 heteroatoms. The molecule has 0 atom stereocenters. The minimum Gasteiger partial charge on any atom is -0.443 e. The van der Waals surface area contributed by atoms with Gasteiger partial charge in [0, 0.05) is 24.9 Å². The molecule has 12 nitrogen and oxygen atoms in total. The van der Waals surface area contributed by atoms with Crippen LogP contribution < -0.4 is 15.5 Å². The van der Waals surface area contributed by atoms with Gasteiger partial charge in [0.1, 0.15) is 16.7 Å². The van der Waals surface area contributed by atoms with Crippen LogP contribution in [0.5, 0.6) is 0 Å². The standard InChI is InChI=1S/C28H31N7O5S/c1-27(2,3)39-25(37)35(26(38)40-28(4,5)6)24-30-13-11-17(34-24)21-22(19-15(32-21)10-12-29-23(19)36)33-16-8-7-9-18-20(16)31-14-41-18/h7-9,11,13-14,32-33H,10,12H2,1-6H3,(H,29,36). The van der Waals surface area contributed by atoms with Crippen LogP contribution >= 0.6 is 11.3 Å². The van der Waals surface area contributed by atoms with E-state index in [1.54, 1.807) is 53.1 Å². The van der Waals surface area contributed by atoms with Gasteiger partial charge in [-0.15, -0.1) is 16.2 Å². The number of benzene rings is 1. The van der Waals surface area contributed by atoms with Crippen LogP contribution in [0.4, 0.5) is 26.9 Å². The van der Waals surface area contributed by atoms with E-state index in [1.807, 2.05) is 18.2 Å². The van der Waals surface area contributed by atoms with Gasteiger partial charge in [-0.2, -0.15) is 0 Å². The minimum atomic E-state index is -0.984. The number of para-hydroxylation sites is 1. The van der Waals surface area contributed by atoms with E-state index in [-0.39, 0.29) is 11.9 Å². The lowest BCUT2D eigenvalue weighted by atomic mass is 10.1. The number of carbonyl (C=O) groups is 3. The number of imide groups is 1. The van der Waals surface area contributed by atoms with E-state index in [9.17, 15) is 14.4 Å². The summed E-state index contributed by atoms with van der Waals surface area (Å²) in [4.78, 5) is 56.6. The van der Waals surface area contributed by atoms with E-state index in [0.29, 0.717) is 46.2 Å². The Labute approximate surface area is 240 Å². The number of hydrogen-bond acceptors (Lipinski definition) is 10. The molecule has 5 rings (SSSR count). The van der Waals surface area contributed by atoms with Crippen LogP contribution in [0.1, 0.15) is 57.6 Å². The number of aromatic nitrogens is 4. The molecule has 1 aliphatic rings. The second-order valence-corrected chi connectivity index (χ2v) is 12.3. The van der Waals surface area contributed by atoms with Gasteiger partial charge in [0.05, 0.1) is 38.5 Å². The average Bonchev–Trinajstić information content (AvgIpc) is 3.48. The summed E-state index contributed by atoms with van der Waals surface area (Å²) >= 11 is 1.51. The molecule has 3 N–H and O–H groups in total. The average molecular weight is 578 g/mol. The normalized spacial score (nSPS) is 13.4. The molecule has 0 spiro atoms. The van der Waals surface area contributed by atoms with E-state index in [0.717, 1.165) is 15.9 Å². The second-order valence-electron chi connectivity index (χ2n) is 11.4. The second kappa shape index (κ2) is 10.5. The Bertz CT molecular complexity index is 1620. The zero-order valence-corrected chi connectivity index (χ0v) is 24.4. The van der Waals surface area contributed by atoms with Crippen LogP contribution in [-0.2, 0) is 15.9 Å². The lowest BCUT2D eigenvalue weighted by Gasteiger charge is -2.27. The lowest BCUT2D eigenvalue weighted by Crippen LogP contribution is -2.44. The van der Waals surface area contributed by atoms with Crippen LogP contribution in [-0.4, -0.2) is 55.8 Å². The van der Waals surface area contributed by atoms with E-state index in [2.05, 4.69) is 30.6 Å². The van der Waals surface area contributed by atoms with Gasteiger partial charge in [-0.3, -0.25) is 4.79 Å². The molecule has 1 aliphatic heterocycles. The topological polar surface area (TPSA) is 151 Å². The Morgan fingerprint density at radius 3 is 2.41 bits per heavy atom. The van der Waals surface area contributed by atoms with Crippen LogP contribution in [0.2, 0.25) is 0 Å². The number of hydrogen-bond donors (Lipinski definition) is 3. The van der Waals surface area contributed by atoms with Crippen molar-refractivity contribution in [2.24, 2.45) is 0 Å². The quantitative estimate of drug-likeness (QED) is 0.274. The van der Waals surface area contributed by atoms with E-state index in [4.69, 9.17) is 9.47 Å². The first-order chi connectivity index (χ1) is 19.3. The predicted molar refractivity (Wildman–Crippen MR) is 156 cm³/mol. The smallest absolute Gasteiger partial charge is 0.427 e. The Kier molecular flexibility index (Phi) is 7.15. The molecule has 3 aromatic heterocycles. The maximum absolute atomic E-state index is 13.2. The number of thiazole rings is 1. The maximum Gasteiger partial charge on any atom is 0.427 e. The van der Waals surface area contributed by atoms with E-state index >= 15 is 0 Å². The molecular formula is C28H31N7O5S. The van der Waals surface area contributed by atoms with Crippen molar-refractivity contribution in [2.45, 2.75) is 59.2 Å². The summed E-state index contributed by atoms with van der Waals surface area (Å²) in [5.74, 6) is -0.476. The Hall–Kier alpha value is -4.52. The number of nitrogens with one attached hydrogen (secondary N) is 3. The van der Waals surface area contributed by atoms with Gasteiger partial charge < -0.3 is 25.1 Å². The number of anilines is 3. The monoisotopic (exact) mass is 577 g/mol. The zero-order chi connectivity index (χ0) is 29.5. The third-order valence-corrected chi connectivity index (χ3v) is 6.63. The molecule has 0 radical (unpaired) electrons. The molecule has 0 unspecified atom stereocenters. The number of rotatable bonds is 4. The van der Waals surface area contributed by atoms with Gasteiger partial charge in [-0.05, 0) is 59.7 Å². The molecule has 0 saturated carbocycles. The number of fused-ring (bicyclic) bond motifs is 2. The molecule has 3 amide bonds. The first-order valence-corrected chi connectivity index (χ1v) is 13.9. The largest absolute Gasteiger partial charge is 0.443 e. The number of carbonyl (C=O) groups excluding carboxylic acids is 3. The third kappa shape index (κ3) is 5.99. The van der Waals surface area contributed by atoms with Crippen molar-refractivity contribution in [1.82, 2.24) is 25.3 Å². The van der Waals surface area contributed by atoms with Gasteiger partial charge >= 0.3 is 12.2 Å². The minimum absolute atomic E-state index is 0.236. The summed E-state index contributed by atoms with van der Waals surface area (Å²) in [6.45, 7) is 10.6. The van der Waals surface area contributed by atoms with Crippen molar-refractivity contribution < 1.29 is 23.9 Å². The zero-order valence-electron chi connectivity index (χ0n) is 23.6. The van der Waals surface area contributed by atoms with Crippen LogP contribution in [0, 0.1) is 0 Å². The summed E-state index contributed by atoms with van der Waals surface area (Å²) in [7, 11) is 0. The van der Waals surface area contributed by atoms with E-state index < -0.39 is 23.4 Å². The number of nitrogens with zero attached hydrogens (tertiary/aromatic N) is 4. The number of aromatic amines is 1. The molecule has 4 aromatic rings. The van der Waals surface area contributed by atoms with Crippen LogP contribution in [0.15, 0.2) is 36.0 Å². The van der Waals surface area contributed by atoms with Crippen molar-refractivity contribution in [3.05, 3.63) is 47.2 Å². The highest BCUT2D eigenvalue weighted by atomic mass is 32.1. The van der Waals surface area contributed by atoms with Gasteiger partial charge in [0.2, 0.25) is 5.95 Å². The Morgan fingerprint density at radius 1 is 1.02 bits per heavy atom. The SMILES string of the molecule is CC(C)(C)OC(=O)N(C(=O)OC(C)(C)C)c1nccc(-c2[nH]c3c(c2Nc2cccc4scnc24)C(=O)NCC3)n1. The summed E-state index contributed by atoms with van der Waals surface area (Å²) in [5.41, 5.74) is 3.94. The molecule has 0 bridgehead atoms.